The van der Waals surface area contributed by atoms with Crippen molar-refractivity contribution >= 4 is 44.8 Å². The van der Waals surface area contributed by atoms with Crippen LogP contribution in [0.4, 0.5) is 0 Å². The molecule has 0 aromatic heterocycles. The van der Waals surface area contributed by atoms with Crippen molar-refractivity contribution in [2.24, 2.45) is 0 Å². The Balaban J connectivity index is 3.54. The molecule has 0 aliphatic rings. The molecule has 296 valence electrons. The average molecular weight is 779 g/mol. The van der Waals surface area contributed by atoms with Gasteiger partial charge in [-0.1, -0.05) is 19.3 Å². The zero-order valence-corrected chi connectivity index (χ0v) is 33.8. The van der Waals surface area contributed by atoms with Crippen LogP contribution in [0, 0.1) is 0 Å². The lowest BCUT2D eigenvalue weighted by Gasteiger charge is -2.22. The zero-order valence-electron chi connectivity index (χ0n) is 31.2. The summed E-state index contributed by atoms with van der Waals surface area (Å²) in [6, 6.07) is 0. The Kier molecular flexibility index (Phi) is 27.7. The average Bonchev–Trinajstić information content (AvgIpc) is 2.96. The van der Waals surface area contributed by atoms with Gasteiger partial charge in [-0.3, -0.25) is 32.5 Å². The van der Waals surface area contributed by atoms with Gasteiger partial charge >= 0.3 is 15.6 Å². The molecule has 0 aliphatic heterocycles. The van der Waals surface area contributed by atoms with Crippen molar-refractivity contribution < 1.29 is 65.6 Å². The third-order valence-electron chi connectivity index (χ3n) is 6.30. The van der Waals surface area contributed by atoms with Crippen molar-refractivity contribution in [3.8, 4) is 0 Å². The van der Waals surface area contributed by atoms with Crippen molar-refractivity contribution in [2.45, 2.75) is 130 Å². The maximum atomic E-state index is 12.1. The van der Waals surface area contributed by atoms with Crippen LogP contribution in [-0.4, -0.2) is 103 Å². The second-order valence-corrected chi connectivity index (χ2v) is 17.6. The lowest BCUT2D eigenvalue weighted by molar-refractivity contribution is -0.120. The van der Waals surface area contributed by atoms with Gasteiger partial charge in [-0.25, -0.2) is 9.13 Å². The third kappa shape index (κ3) is 35.8. The molecule has 0 bridgehead atoms. The number of hydrogen-bond acceptors (Lipinski definition) is 13. The highest BCUT2D eigenvalue weighted by Gasteiger charge is 2.29. The summed E-state index contributed by atoms with van der Waals surface area (Å²) in [5.41, 5.74) is -1.55. The number of carbonyl (C=O) groups is 3. The van der Waals surface area contributed by atoms with Crippen molar-refractivity contribution in [1.82, 2.24) is 0 Å². The summed E-state index contributed by atoms with van der Waals surface area (Å²) in [5.74, 6) is 1.34. The molecule has 0 radical (unpaired) electrons. The molecule has 0 amide bonds. The minimum absolute atomic E-state index is 0.0795. The summed E-state index contributed by atoms with van der Waals surface area (Å²) >= 11 is 1.46. The second-order valence-electron chi connectivity index (χ2n) is 13.7. The van der Waals surface area contributed by atoms with Crippen LogP contribution < -0.4 is 0 Å². The van der Waals surface area contributed by atoms with E-state index in [1.165, 1.54) is 11.8 Å². The molecule has 14 nitrogen and oxygen atoms in total. The fourth-order valence-electron chi connectivity index (χ4n) is 4.18. The molecular weight excluding hydrogens is 714 g/mol. The molecule has 0 heterocycles. The number of carbonyl (C=O) groups excluding carboxylic acids is 3. The molecular formula is C33H64O14P2S. The first-order chi connectivity index (χ1) is 23.3. The van der Waals surface area contributed by atoms with E-state index >= 15 is 0 Å². The summed E-state index contributed by atoms with van der Waals surface area (Å²) in [6.45, 7) is 12.0. The molecule has 0 aliphatic carbocycles. The number of rotatable bonds is 34. The van der Waals surface area contributed by atoms with Gasteiger partial charge in [0.1, 0.15) is 17.3 Å². The topological polar surface area (TPSA) is 190 Å². The van der Waals surface area contributed by atoms with Crippen molar-refractivity contribution in [3.63, 3.8) is 0 Å². The van der Waals surface area contributed by atoms with Crippen LogP contribution in [0.2, 0.25) is 0 Å². The van der Waals surface area contributed by atoms with Crippen molar-refractivity contribution in [1.29, 1.82) is 0 Å². The molecule has 0 spiro atoms. The number of phosphoric acid groups is 2. The van der Waals surface area contributed by atoms with E-state index in [2.05, 4.69) is 0 Å². The van der Waals surface area contributed by atoms with Gasteiger partial charge in [0, 0.05) is 44.5 Å². The maximum Gasteiger partial charge on any atom is 0.472 e. The molecule has 0 rings (SSSR count). The van der Waals surface area contributed by atoms with Gasteiger partial charge < -0.3 is 24.0 Å². The fourth-order valence-corrected chi connectivity index (χ4v) is 7.22. The smallest absolute Gasteiger partial charge is 0.379 e. The van der Waals surface area contributed by atoms with Crippen LogP contribution in [0.1, 0.15) is 119 Å². The van der Waals surface area contributed by atoms with Gasteiger partial charge in [0.05, 0.1) is 63.2 Å². The molecule has 2 N–H and O–H groups in total. The number of Topliss-reactive ketones (excluding diaryl/α,β-unsaturated/α-hetero) is 3. The van der Waals surface area contributed by atoms with E-state index in [-0.39, 0.29) is 37.2 Å². The van der Waals surface area contributed by atoms with Gasteiger partial charge in [0.15, 0.2) is 0 Å². The van der Waals surface area contributed by atoms with E-state index in [9.17, 15) is 33.3 Å². The summed E-state index contributed by atoms with van der Waals surface area (Å²) in [7, 11) is -8.15. The summed E-state index contributed by atoms with van der Waals surface area (Å²) in [5, 5.41) is 0. The lowest BCUT2D eigenvalue weighted by Crippen LogP contribution is -2.19. The number of phosphoric ester groups is 2. The van der Waals surface area contributed by atoms with E-state index in [1.54, 1.807) is 41.5 Å². The Morgan fingerprint density at radius 1 is 0.500 bits per heavy atom. The first-order valence-electron chi connectivity index (χ1n) is 17.5. The largest absolute Gasteiger partial charge is 0.472 e. The predicted molar refractivity (Wildman–Crippen MR) is 193 cm³/mol. The number of hydrogen-bond donors (Lipinski definition) is 2. The number of thioether (sulfide) groups is 1. The first-order valence-corrected chi connectivity index (χ1v) is 21.7. The standard InChI is InChI=1S/C33H64O14P2S/c1-32(2,3)46-48(37,38)44-20-11-9-7-8-10-14-30(35)18-27-50-28-31(36)16-12-15-29(34)17-13-19-41-21-22-42-23-24-43-25-26-45-49(39,40)47-33(4,5)6/h7-28H2,1-6H3,(H,37,38)(H,39,40). The van der Waals surface area contributed by atoms with E-state index in [0.717, 1.165) is 25.7 Å². The number of ketones is 3. The van der Waals surface area contributed by atoms with Gasteiger partial charge in [-0.2, -0.15) is 11.8 Å². The van der Waals surface area contributed by atoms with E-state index in [1.807, 2.05) is 0 Å². The first kappa shape index (κ1) is 49.5. The van der Waals surface area contributed by atoms with Crippen LogP contribution in [0.15, 0.2) is 0 Å². The van der Waals surface area contributed by atoms with Crippen LogP contribution in [-0.2, 0) is 55.8 Å². The fraction of sp³-hybridized carbons (Fsp3) is 0.909. The van der Waals surface area contributed by atoms with Gasteiger partial charge in [0.2, 0.25) is 0 Å². The number of unbranched alkanes of at least 4 members (excludes halogenated alkanes) is 4. The lowest BCUT2D eigenvalue weighted by atomic mass is 10.1. The van der Waals surface area contributed by atoms with Crippen LogP contribution >= 0.6 is 27.4 Å². The Morgan fingerprint density at radius 2 is 0.920 bits per heavy atom. The summed E-state index contributed by atoms with van der Waals surface area (Å²) < 4.78 is 59.5. The Labute approximate surface area is 304 Å². The van der Waals surface area contributed by atoms with Crippen LogP contribution in [0.25, 0.3) is 0 Å². The molecule has 2 unspecified atom stereocenters. The van der Waals surface area contributed by atoms with E-state index < -0.39 is 26.8 Å². The highest BCUT2D eigenvalue weighted by Crippen LogP contribution is 2.47. The van der Waals surface area contributed by atoms with Gasteiger partial charge in [0.25, 0.3) is 0 Å². The normalized spacial score (nSPS) is 14.7. The molecule has 0 fully saturated rings. The third-order valence-corrected chi connectivity index (χ3v) is 9.90. The summed E-state index contributed by atoms with van der Waals surface area (Å²) in [6.07, 6.45) is 7.30. The predicted octanol–water partition coefficient (Wildman–Crippen LogP) is 7.02. The van der Waals surface area contributed by atoms with Gasteiger partial charge in [-0.05, 0) is 67.2 Å². The molecule has 17 heteroatoms. The van der Waals surface area contributed by atoms with Crippen LogP contribution in [0.3, 0.4) is 0 Å². The Morgan fingerprint density at radius 3 is 1.50 bits per heavy atom. The van der Waals surface area contributed by atoms with Crippen molar-refractivity contribution in [2.75, 3.05) is 64.4 Å². The maximum absolute atomic E-state index is 12.1. The number of ether oxygens (including phenoxy) is 3. The minimum Gasteiger partial charge on any atom is -0.379 e. The Hall–Kier alpha value is -0.540. The second kappa shape index (κ2) is 28.0. The molecule has 50 heavy (non-hydrogen) atoms. The minimum atomic E-state index is -4.11. The molecule has 0 aromatic rings. The highest BCUT2D eigenvalue weighted by molar-refractivity contribution is 7.99. The van der Waals surface area contributed by atoms with E-state index in [4.69, 9.17) is 32.3 Å². The van der Waals surface area contributed by atoms with Crippen LogP contribution in [0.5, 0.6) is 0 Å². The van der Waals surface area contributed by atoms with Gasteiger partial charge in [-0.15, -0.1) is 0 Å². The summed E-state index contributed by atoms with van der Waals surface area (Å²) in [4.78, 5) is 55.5. The molecule has 0 aromatic carbocycles. The van der Waals surface area contributed by atoms with Crippen molar-refractivity contribution in [3.05, 3.63) is 0 Å². The monoisotopic (exact) mass is 778 g/mol. The zero-order chi connectivity index (χ0) is 37.9. The van der Waals surface area contributed by atoms with E-state index in [0.29, 0.717) is 95.9 Å². The molecule has 2 atom stereocenters. The molecule has 0 saturated carbocycles. The molecule has 0 saturated heterocycles. The quantitative estimate of drug-likeness (QED) is 0.0500. The SMILES string of the molecule is CC(C)(C)OP(=O)(O)OCCCCCCCC(=O)CCSCC(=O)CCCC(=O)CCCOCCOCCOCCOP(=O)(O)OC(C)(C)C. The Bertz CT molecular complexity index is 1030. The highest BCUT2D eigenvalue weighted by atomic mass is 32.2.